The largest absolute Gasteiger partial charge is 0.345 e. The normalized spacial score (nSPS) is 16.3. The van der Waals surface area contributed by atoms with E-state index < -0.39 is 0 Å². The van der Waals surface area contributed by atoms with E-state index in [-0.39, 0.29) is 17.9 Å². The Morgan fingerprint density at radius 3 is 2.69 bits per heavy atom. The van der Waals surface area contributed by atoms with E-state index >= 15 is 0 Å². The Bertz CT molecular complexity index is 1190. The highest BCUT2D eigenvalue weighted by Gasteiger charge is 2.28. The molecule has 0 bridgehead atoms. The van der Waals surface area contributed by atoms with E-state index in [2.05, 4.69) is 54.0 Å². The fraction of sp³-hybridized carbons (Fsp3) is 0.320. The van der Waals surface area contributed by atoms with Gasteiger partial charge in [-0.05, 0) is 49.2 Å². The van der Waals surface area contributed by atoms with Crippen LogP contribution in [0.2, 0.25) is 0 Å². The molecule has 2 aromatic heterocycles. The number of H-pyrrole nitrogens is 1. The number of aromatic amines is 1. The molecule has 1 unspecified atom stereocenters. The van der Waals surface area contributed by atoms with Gasteiger partial charge in [-0.3, -0.25) is 9.69 Å². The SMILES string of the molecule is Cn1ccnc1CN1CCC(C(=O)NC(c2ccccc2)c2ccc3nc[nH]c3c2)CC1. The Kier molecular flexibility index (Phi) is 5.73. The number of piperidine rings is 1. The summed E-state index contributed by atoms with van der Waals surface area (Å²) in [5.74, 6) is 1.21. The highest BCUT2D eigenvalue weighted by atomic mass is 16.2. The maximum atomic E-state index is 13.3. The second-order valence-corrected chi connectivity index (χ2v) is 8.54. The molecule has 32 heavy (non-hydrogen) atoms. The van der Waals surface area contributed by atoms with Crippen LogP contribution in [0.5, 0.6) is 0 Å². The number of amides is 1. The number of hydrogen-bond donors (Lipinski definition) is 2. The number of aromatic nitrogens is 4. The van der Waals surface area contributed by atoms with Gasteiger partial charge in [0.15, 0.2) is 0 Å². The highest BCUT2D eigenvalue weighted by Crippen LogP contribution is 2.26. The first-order valence-electron chi connectivity index (χ1n) is 11.1. The lowest BCUT2D eigenvalue weighted by Gasteiger charge is -2.32. The van der Waals surface area contributed by atoms with Crippen molar-refractivity contribution in [2.45, 2.75) is 25.4 Å². The van der Waals surface area contributed by atoms with E-state index in [0.29, 0.717) is 0 Å². The summed E-state index contributed by atoms with van der Waals surface area (Å²) in [6.45, 7) is 2.64. The lowest BCUT2D eigenvalue weighted by molar-refractivity contribution is -0.127. The molecule has 7 heteroatoms. The van der Waals surface area contributed by atoms with Gasteiger partial charge in [-0.1, -0.05) is 36.4 Å². The summed E-state index contributed by atoms with van der Waals surface area (Å²) in [6.07, 6.45) is 7.22. The predicted octanol–water partition coefficient (Wildman–Crippen LogP) is 3.41. The minimum absolute atomic E-state index is 0.0229. The molecule has 1 atom stereocenters. The van der Waals surface area contributed by atoms with Crippen molar-refractivity contribution >= 4 is 16.9 Å². The monoisotopic (exact) mass is 428 g/mol. The summed E-state index contributed by atoms with van der Waals surface area (Å²) in [6, 6.07) is 16.1. The molecule has 7 nitrogen and oxygen atoms in total. The van der Waals surface area contributed by atoms with Crippen LogP contribution in [-0.4, -0.2) is 43.4 Å². The molecule has 1 saturated heterocycles. The first-order valence-corrected chi connectivity index (χ1v) is 11.1. The molecular weight excluding hydrogens is 400 g/mol. The lowest BCUT2D eigenvalue weighted by Crippen LogP contribution is -2.41. The van der Waals surface area contributed by atoms with Crippen LogP contribution in [0.15, 0.2) is 67.3 Å². The molecule has 1 aliphatic rings. The number of carbonyl (C=O) groups excluding carboxylic acids is 1. The topological polar surface area (TPSA) is 78.8 Å². The van der Waals surface area contributed by atoms with Crippen LogP contribution in [0, 0.1) is 5.92 Å². The van der Waals surface area contributed by atoms with Gasteiger partial charge >= 0.3 is 0 Å². The fourth-order valence-corrected chi connectivity index (χ4v) is 4.50. The minimum Gasteiger partial charge on any atom is -0.345 e. The molecule has 164 valence electrons. The molecular formula is C25H28N6O. The molecule has 5 rings (SSSR count). The van der Waals surface area contributed by atoms with Crippen LogP contribution >= 0.6 is 0 Å². The number of likely N-dealkylation sites (tertiary alicyclic amines) is 1. The molecule has 1 fully saturated rings. The Balaban J connectivity index is 1.28. The zero-order valence-corrected chi connectivity index (χ0v) is 18.2. The molecule has 1 aliphatic heterocycles. The van der Waals surface area contributed by atoms with Gasteiger partial charge in [0.05, 0.1) is 29.9 Å². The average Bonchev–Trinajstić information content (AvgIpc) is 3.46. The van der Waals surface area contributed by atoms with Gasteiger partial charge in [0.2, 0.25) is 5.91 Å². The van der Waals surface area contributed by atoms with Gasteiger partial charge in [0.25, 0.3) is 0 Å². The number of aryl methyl sites for hydroxylation is 1. The lowest BCUT2D eigenvalue weighted by atomic mass is 9.93. The standard InChI is InChI=1S/C25H28N6O/c1-30-14-11-26-23(30)16-31-12-9-19(10-13-31)25(32)29-24(18-5-3-2-4-6-18)20-7-8-21-22(15-20)28-17-27-21/h2-8,11,14-15,17,19,24H,9-10,12-13,16H2,1H3,(H,27,28)(H,29,32). The summed E-state index contributed by atoms with van der Waals surface area (Å²) in [7, 11) is 2.02. The Morgan fingerprint density at radius 1 is 1.12 bits per heavy atom. The summed E-state index contributed by atoms with van der Waals surface area (Å²) < 4.78 is 2.06. The van der Waals surface area contributed by atoms with Crippen molar-refractivity contribution in [1.29, 1.82) is 0 Å². The van der Waals surface area contributed by atoms with Crippen LogP contribution in [0.4, 0.5) is 0 Å². The van der Waals surface area contributed by atoms with Crippen molar-refractivity contribution in [3.63, 3.8) is 0 Å². The van der Waals surface area contributed by atoms with Gasteiger partial charge in [-0.25, -0.2) is 9.97 Å². The van der Waals surface area contributed by atoms with Crippen molar-refractivity contribution in [3.05, 3.63) is 84.2 Å². The molecule has 0 radical (unpaired) electrons. The third-order valence-corrected chi connectivity index (χ3v) is 6.44. The number of fused-ring (bicyclic) bond motifs is 1. The van der Waals surface area contributed by atoms with E-state index in [1.807, 2.05) is 43.7 Å². The van der Waals surface area contributed by atoms with Crippen molar-refractivity contribution in [3.8, 4) is 0 Å². The van der Waals surface area contributed by atoms with Gasteiger partial charge in [-0.15, -0.1) is 0 Å². The van der Waals surface area contributed by atoms with Crippen LogP contribution < -0.4 is 5.32 Å². The molecule has 2 aromatic carbocycles. The smallest absolute Gasteiger partial charge is 0.223 e. The van der Waals surface area contributed by atoms with Crippen molar-refractivity contribution in [2.24, 2.45) is 13.0 Å². The van der Waals surface area contributed by atoms with Gasteiger partial charge in [0, 0.05) is 25.4 Å². The Hall–Kier alpha value is -3.45. The fourth-order valence-electron chi connectivity index (χ4n) is 4.50. The molecule has 4 aromatic rings. The molecule has 2 N–H and O–H groups in total. The van der Waals surface area contributed by atoms with Gasteiger partial charge < -0.3 is 14.9 Å². The maximum absolute atomic E-state index is 13.3. The number of hydrogen-bond acceptors (Lipinski definition) is 4. The highest BCUT2D eigenvalue weighted by molar-refractivity contribution is 5.80. The predicted molar refractivity (Wildman–Crippen MR) is 124 cm³/mol. The zero-order chi connectivity index (χ0) is 21.9. The van der Waals surface area contributed by atoms with Gasteiger partial charge in [-0.2, -0.15) is 0 Å². The van der Waals surface area contributed by atoms with E-state index in [4.69, 9.17) is 0 Å². The third-order valence-electron chi connectivity index (χ3n) is 6.44. The summed E-state index contributed by atoms with van der Waals surface area (Å²) in [5, 5.41) is 3.34. The second kappa shape index (κ2) is 8.96. The number of benzene rings is 2. The van der Waals surface area contributed by atoms with Crippen LogP contribution in [0.25, 0.3) is 11.0 Å². The van der Waals surface area contributed by atoms with E-state index in [1.54, 1.807) is 6.33 Å². The van der Waals surface area contributed by atoms with Crippen molar-refractivity contribution in [1.82, 2.24) is 29.7 Å². The molecule has 1 amide bonds. The van der Waals surface area contributed by atoms with E-state index in [9.17, 15) is 4.79 Å². The van der Waals surface area contributed by atoms with Gasteiger partial charge in [0.1, 0.15) is 5.82 Å². The summed E-state index contributed by atoms with van der Waals surface area (Å²) >= 11 is 0. The number of nitrogens with zero attached hydrogens (tertiary/aromatic N) is 4. The summed E-state index contributed by atoms with van der Waals surface area (Å²) in [4.78, 5) is 27.6. The quantitative estimate of drug-likeness (QED) is 0.493. The van der Waals surface area contributed by atoms with Crippen molar-refractivity contribution in [2.75, 3.05) is 13.1 Å². The average molecular weight is 429 g/mol. The first-order chi connectivity index (χ1) is 15.7. The Labute approximate surface area is 187 Å². The zero-order valence-electron chi connectivity index (χ0n) is 18.2. The second-order valence-electron chi connectivity index (χ2n) is 8.54. The molecule has 3 heterocycles. The Morgan fingerprint density at radius 2 is 1.94 bits per heavy atom. The molecule has 0 aliphatic carbocycles. The van der Waals surface area contributed by atoms with Crippen molar-refractivity contribution < 1.29 is 4.79 Å². The maximum Gasteiger partial charge on any atom is 0.223 e. The summed E-state index contributed by atoms with van der Waals surface area (Å²) in [5.41, 5.74) is 4.02. The third kappa shape index (κ3) is 4.29. The number of rotatable bonds is 6. The molecule has 0 spiro atoms. The van der Waals surface area contributed by atoms with E-state index in [0.717, 1.165) is 60.5 Å². The van der Waals surface area contributed by atoms with Crippen LogP contribution in [0.1, 0.15) is 35.8 Å². The minimum atomic E-state index is -0.193. The van der Waals surface area contributed by atoms with E-state index in [1.165, 1.54) is 0 Å². The number of imidazole rings is 2. The number of nitrogens with one attached hydrogen (secondary N) is 2. The number of carbonyl (C=O) groups is 1. The van der Waals surface area contributed by atoms with Crippen LogP contribution in [-0.2, 0) is 18.4 Å². The first kappa shape index (κ1) is 20.5. The van der Waals surface area contributed by atoms with Crippen LogP contribution in [0.3, 0.4) is 0 Å². The molecule has 0 saturated carbocycles.